The second-order valence-electron chi connectivity index (χ2n) is 4.30. The Kier molecular flexibility index (Phi) is 3.74. The van der Waals surface area contributed by atoms with Crippen LogP contribution in [-0.2, 0) is 4.74 Å². The molecule has 1 aliphatic heterocycles. The summed E-state index contributed by atoms with van der Waals surface area (Å²) < 4.78 is 18.3. The van der Waals surface area contributed by atoms with Crippen LogP contribution in [-0.4, -0.2) is 25.2 Å². The normalized spacial score (nSPS) is 19.3. The zero-order valence-corrected chi connectivity index (χ0v) is 9.83. The fraction of sp³-hybridized carbons (Fsp3) is 0.462. The summed E-state index contributed by atoms with van der Waals surface area (Å²) in [5.74, 6) is -0.490. The third kappa shape index (κ3) is 3.03. The first-order chi connectivity index (χ1) is 8.16. The molecule has 1 atom stereocenters. The average molecular weight is 237 g/mol. The second-order valence-corrected chi connectivity index (χ2v) is 4.30. The summed E-state index contributed by atoms with van der Waals surface area (Å²) in [6.07, 6.45) is 2.17. The SMILES string of the molecule is Cc1cc(F)ccc1C(=O)NCC1CCCO1. The fourth-order valence-corrected chi connectivity index (χ4v) is 1.99. The Labute approximate surface area is 100.0 Å². The molecular weight excluding hydrogens is 221 g/mol. The molecular formula is C13H16FNO2. The van der Waals surface area contributed by atoms with Gasteiger partial charge in [0.1, 0.15) is 5.82 Å². The minimum atomic E-state index is -0.321. The van der Waals surface area contributed by atoms with Crippen molar-refractivity contribution in [3.8, 4) is 0 Å². The van der Waals surface area contributed by atoms with Crippen LogP contribution in [0.15, 0.2) is 18.2 Å². The largest absolute Gasteiger partial charge is 0.376 e. The van der Waals surface area contributed by atoms with Crippen LogP contribution < -0.4 is 5.32 Å². The van der Waals surface area contributed by atoms with Crippen LogP contribution in [0.1, 0.15) is 28.8 Å². The van der Waals surface area contributed by atoms with Gasteiger partial charge in [-0.1, -0.05) is 0 Å². The molecule has 3 nitrogen and oxygen atoms in total. The third-order valence-electron chi connectivity index (χ3n) is 2.95. The number of halogens is 1. The highest BCUT2D eigenvalue weighted by Gasteiger charge is 2.17. The first kappa shape index (κ1) is 12.0. The van der Waals surface area contributed by atoms with Gasteiger partial charge >= 0.3 is 0 Å². The number of carbonyl (C=O) groups excluding carboxylic acids is 1. The van der Waals surface area contributed by atoms with Gasteiger partial charge < -0.3 is 10.1 Å². The van der Waals surface area contributed by atoms with E-state index >= 15 is 0 Å². The summed E-state index contributed by atoms with van der Waals surface area (Å²) in [4.78, 5) is 11.8. The molecule has 1 aliphatic rings. The number of amides is 1. The number of benzene rings is 1. The van der Waals surface area contributed by atoms with Gasteiger partial charge in [-0.05, 0) is 43.5 Å². The van der Waals surface area contributed by atoms with Gasteiger partial charge in [0.05, 0.1) is 6.10 Å². The Morgan fingerprint density at radius 2 is 2.41 bits per heavy atom. The van der Waals surface area contributed by atoms with Crippen LogP contribution in [0.5, 0.6) is 0 Å². The monoisotopic (exact) mass is 237 g/mol. The molecule has 1 unspecified atom stereocenters. The third-order valence-corrected chi connectivity index (χ3v) is 2.95. The molecule has 1 heterocycles. The summed E-state index contributed by atoms with van der Waals surface area (Å²) in [5.41, 5.74) is 1.17. The lowest BCUT2D eigenvalue weighted by atomic mass is 10.1. The summed E-state index contributed by atoms with van der Waals surface area (Å²) >= 11 is 0. The van der Waals surface area contributed by atoms with Crippen LogP contribution in [0, 0.1) is 12.7 Å². The van der Waals surface area contributed by atoms with E-state index < -0.39 is 0 Å². The first-order valence-electron chi connectivity index (χ1n) is 5.83. The Hall–Kier alpha value is -1.42. The number of aryl methyl sites for hydroxylation is 1. The zero-order chi connectivity index (χ0) is 12.3. The number of nitrogens with one attached hydrogen (secondary N) is 1. The minimum Gasteiger partial charge on any atom is -0.376 e. The molecule has 92 valence electrons. The molecule has 1 fully saturated rings. The highest BCUT2D eigenvalue weighted by Crippen LogP contribution is 2.12. The lowest BCUT2D eigenvalue weighted by Gasteiger charge is -2.11. The fourth-order valence-electron chi connectivity index (χ4n) is 1.99. The van der Waals surface area contributed by atoms with Crippen molar-refractivity contribution in [1.82, 2.24) is 5.32 Å². The van der Waals surface area contributed by atoms with Crippen molar-refractivity contribution in [3.63, 3.8) is 0 Å². The number of rotatable bonds is 3. The predicted octanol–water partition coefficient (Wildman–Crippen LogP) is 2.04. The average Bonchev–Trinajstić information content (AvgIpc) is 2.78. The molecule has 0 radical (unpaired) electrons. The van der Waals surface area contributed by atoms with Crippen LogP contribution in [0.25, 0.3) is 0 Å². The predicted molar refractivity (Wildman–Crippen MR) is 62.4 cm³/mol. The maximum absolute atomic E-state index is 12.9. The highest BCUT2D eigenvalue weighted by molar-refractivity contribution is 5.95. The number of carbonyl (C=O) groups is 1. The van der Waals surface area contributed by atoms with Crippen molar-refractivity contribution in [2.45, 2.75) is 25.9 Å². The Bertz CT molecular complexity index is 414. The van der Waals surface area contributed by atoms with Gasteiger partial charge in [-0.25, -0.2) is 4.39 Å². The van der Waals surface area contributed by atoms with E-state index in [1.54, 1.807) is 6.92 Å². The van der Waals surface area contributed by atoms with Crippen LogP contribution >= 0.6 is 0 Å². The first-order valence-corrected chi connectivity index (χ1v) is 5.83. The molecule has 1 aromatic carbocycles. The number of hydrogen-bond donors (Lipinski definition) is 1. The molecule has 17 heavy (non-hydrogen) atoms. The maximum Gasteiger partial charge on any atom is 0.251 e. The molecule has 1 aromatic rings. The Morgan fingerprint density at radius 3 is 3.06 bits per heavy atom. The summed E-state index contributed by atoms with van der Waals surface area (Å²) in [6.45, 7) is 3.02. The number of hydrogen-bond acceptors (Lipinski definition) is 2. The molecule has 0 aliphatic carbocycles. The van der Waals surface area contributed by atoms with E-state index in [2.05, 4.69) is 5.32 Å². The van der Waals surface area contributed by atoms with Gasteiger partial charge in [-0.15, -0.1) is 0 Å². The van der Waals surface area contributed by atoms with E-state index in [4.69, 9.17) is 4.74 Å². The standard InChI is InChI=1S/C13H16FNO2/c1-9-7-10(14)4-5-12(9)13(16)15-8-11-3-2-6-17-11/h4-5,7,11H,2-3,6,8H2,1H3,(H,15,16). The molecule has 4 heteroatoms. The van der Waals surface area contributed by atoms with E-state index in [1.807, 2.05) is 0 Å². The van der Waals surface area contributed by atoms with Crippen molar-refractivity contribution >= 4 is 5.91 Å². The molecule has 2 rings (SSSR count). The molecule has 0 saturated carbocycles. The van der Waals surface area contributed by atoms with Crippen LogP contribution in [0.2, 0.25) is 0 Å². The van der Waals surface area contributed by atoms with Gasteiger partial charge in [0, 0.05) is 18.7 Å². The molecule has 0 aromatic heterocycles. The van der Waals surface area contributed by atoms with E-state index in [9.17, 15) is 9.18 Å². The van der Waals surface area contributed by atoms with Gasteiger partial charge in [0.2, 0.25) is 0 Å². The molecule has 1 amide bonds. The van der Waals surface area contributed by atoms with E-state index in [0.29, 0.717) is 17.7 Å². The highest BCUT2D eigenvalue weighted by atomic mass is 19.1. The van der Waals surface area contributed by atoms with E-state index in [-0.39, 0.29) is 17.8 Å². The van der Waals surface area contributed by atoms with Crippen molar-refractivity contribution in [2.75, 3.05) is 13.2 Å². The van der Waals surface area contributed by atoms with E-state index in [1.165, 1.54) is 18.2 Å². The topological polar surface area (TPSA) is 38.3 Å². The second kappa shape index (κ2) is 5.27. The molecule has 1 N–H and O–H groups in total. The lowest BCUT2D eigenvalue weighted by Crippen LogP contribution is -2.32. The van der Waals surface area contributed by atoms with Crippen molar-refractivity contribution in [1.29, 1.82) is 0 Å². The van der Waals surface area contributed by atoms with Crippen molar-refractivity contribution < 1.29 is 13.9 Å². The quantitative estimate of drug-likeness (QED) is 0.873. The van der Waals surface area contributed by atoms with Crippen molar-refractivity contribution in [3.05, 3.63) is 35.1 Å². The summed E-state index contributed by atoms with van der Waals surface area (Å²) in [6, 6.07) is 4.17. The molecule has 1 saturated heterocycles. The van der Waals surface area contributed by atoms with Gasteiger partial charge in [0.15, 0.2) is 0 Å². The zero-order valence-electron chi connectivity index (χ0n) is 9.83. The van der Waals surface area contributed by atoms with Gasteiger partial charge in [-0.2, -0.15) is 0 Å². The Morgan fingerprint density at radius 1 is 1.59 bits per heavy atom. The summed E-state index contributed by atoms with van der Waals surface area (Å²) in [5, 5.41) is 2.81. The maximum atomic E-state index is 12.9. The van der Waals surface area contributed by atoms with Crippen LogP contribution in [0.3, 0.4) is 0 Å². The minimum absolute atomic E-state index is 0.125. The number of ether oxygens (including phenoxy) is 1. The smallest absolute Gasteiger partial charge is 0.251 e. The lowest BCUT2D eigenvalue weighted by molar-refractivity contribution is 0.0857. The molecule has 0 bridgehead atoms. The van der Waals surface area contributed by atoms with Crippen LogP contribution in [0.4, 0.5) is 4.39 Å². The van der Waals surface area contributed by atoms with Crippen molar-refractivity contribution in [2.24, 2.45) is 0 Å². The van der Waals surface area contributed by atoms with Gasteiger partial charge in [-0.3, -0.25) is 4.79 Å². The molecule has 0 spiro atoms. The summed E-state index contributed by atoms with van der Waals surface area (Å²) in [7, 11) is 0. The van der Waals surface area contributed by atoms with Gasteiger partial charge in [0.25, 0.3) is 5.91 Å². The van der Waals surface area contributed by atoms with E-state index in [0.717, 1.165) is 19.4 Å². The Balaban J connectivity index is 1.94.